The van der Waals surface area contributed by atoms with Crippen molar-refractivity contribution in [3.05, 3.63) is 0 Å². The first-order valence-electron chi connectivity index (χ1n) is 4.32. The van der Waals surface area contributed by atoms with Crippen molar-refractivity contribution < 1.29 is 4.84 Å². The topological polar surface area (TPSA) is 48.3 Å². The Kier molecular flexibility index (Phi) is 4.01. The lowest BCUT2D eigenvalue weighted by Crippen LogP contribution is -2.31. The van der Waals surface area contributed by atoms with Crippen LogP contribution >= 0.6 is 0 Å². The van der Waals surface area contributed by atoms with Gasteiger partial charge in [0.25, 0.3) is 0 Å². The molecule has 1 saturated heterocycles. The molecule has 1 aliphatic rings. The van der Waals surface area contributed by atoms with Crippen LogP contribution in [0.4, 0.5) is 0 Å². The van der Waals surface area contributed by atoms with Gasteiger partial charge in [0, 0.05) is 13.1 Å². The van der Waals surface area contributed by atoms with Crippen molar-refractivity contribution in [3.63, 3.8) is 0 Å². The first kappa shape index (κ1) is 9.46. The van der Waals surface area contributed by atoms with E-state index in [-0.39, 0.29) is 6.04 Å². The maximum Gasteiger partial charge on any atom is 0.122 e. The molecular weight excluding hydrogens is 154 g/mol. The van der Waals surface area contributed by atoms with Crippen LogP contribution in [-0.2, 0) is 4.84 Å². The van der Waals surface area contributed by atoms with E-state index in [9.17, 15) is 0 Å². The van der Waals surface area contributed by atoms with Crippen LogP contribution in [0.25, 0.3) is 0 Å². The normalized spacial score (nSPS) is 24.2. The molecule has 1 aliphatic heterocycles. The summed E-state index contributed by atoms with van der Waals surface area (Å²) in [4.78, 5) is 5.40. The van der Waals surface area contributed by atoms with Crippen molar-refractivity contribution in [2.75, 3.05) is 26.7 Å². The number of nitriles is 1. The van der Waals surface area contributed by atoms with Gasteiger partial charge in [0.15, 0.2) is 0 Å². The molecule has 0 aliphatic carbocycles. The van der Waals surface area contributed by atoms with E-state index in [1.165, 1.54) is 0 Å². The van der Waals surface area contributed by atoms with E-state index in [0.29, 0.717) is 6.61 Å². The van der Waals surface area contributed by atoms with Crippen LogP contribution in [0.15, 0.2) is 0 Å². The molecule has 0 unspecified atom stereocenters. The third kappa shape index (κ3) is 2.45. The van der Waals surface area contributed by atoms with Gasteiger partial charge in [-0.05, 0) is 19.9 Å². The van der Waals surface area contributed by atoms with Gasteiger partial charge in [-0.1, -0.05) is 0 Å². The highest BCUT2D eigenvalue weighted by Crippen LogP contribution is 2.15. The first-order valence-corrected chi connectivity index (χ1v) is 4.32. The quantitative estimate of drug-likeness (QED) is 0.607. The number of hydroxylamine groups is 2. The van der Waals surface area contributed by atoms with Crippen LogP contribution in [-0.4, -0.2) is 37.8 Å². The number of nitrogens with zero attached hydrogens (tertiary/aromatic N) is 2. The summed E-state index contributed by atoms with van der Waals surface area (Å²) >= 11 is 0. The molecule has 0 amide bonds. The average molecular weight is 169 g/mol. The fraction of sp³-hybridized carbons (Fsp3) is 0.875. The predicted molar refractivity (Wildman–Crippen MR) is 45.2 cm³/mol. The molecule has 0 spiro atoms. The van der Waals surface area contributed by atoms with Gasteiger partial charge in [-0.25, -0.2) is 0 Å². The van der Waals surface area contributed by atoms with Gasteiger partial charge in [-0.3, -0.25) is 4.84 Å². The van der Waals surface area contributed by atoms with Crippen molar-refractivity contribution in [2.24, 2.45) is 0 Å². The largest absolute Gasteiger partial charge is 0.317 e. The average Bonchev–Trinajstić information content (AvgIpc) is 2.52. The van der Waals surface area contributed by atoms with Gasteiger partial charge in [-0.15, -0.1) is 0 Å². The summed E-state index contributed by atoms with van der Waals surface area (Å²) in [6, 6.07) is 2.20. The summed E-state index contributed by atoms with van der Waals surface area (Å²) < 4.78 is 0. The molecule has 1 fully saturated rings. The Labute approximate surface area is 73.1 Å². The highest BCUT2D eigenvalue weighted by atomic mass is 16.7. The van der Waals surface area contributed by atoms with Crippen LogP contribution in [0.1, 0.15) is 12.8 Å². The maximum atomic E-state index is 8.71. The summed E-state index contributed by atoms with van der Waals surface area (Å²) in [5, 5.41) is 13.5. The molecule has 1 heterocycles. The van der Waals surface area contributed by atoms with Gasteiger partial charge < -0.3 is 5.32 Å². The fourth-order valence-electron chi connectivity index (χ4n) is 1.29. The minimum Gasteiger partial charge on any atom is -0.317 e. The van der Waals surface area contributed by atoms with Gasteiger partial charge in [0.2, 0.25) is 0 Å². The van der Waals surface area contributed by atoms with Crippen molar-refractivity contribution in [1.29, 1.82) is 5.26 Å². The van der Waals surface area contributed by atoms with E-state index < -0.39 is 0 Å². The van der Waals surface area contributed by atoms with E-state index in [4.69, 9.17) is 10.1 Å². The molecule has 0 aromatic heterocycles. The van der Waals surface area contributed by atoms with Crippen LogP contribution in [0.3, 0.4) is 0 Å². The lowest BCUT2D eigenvalue weighted by Gasteiger charge is -2.18. The zero-order chi connectivity index (χ0) is 8.81. The van der Waals surface area contributed by atoms with Crippen molar-refractivity contribution in [2.45, 2.75) is 18.9 Å². The molecule has 4 nitrogen and oxygen atoms in total. The third-order valence-corrected chi connectivity index (χ3v) is 1.96. The fourth-order valence-corrected chi connectivity index (χ4v) is 1.29. The monoisotopic (exact) mass is 169 g/mol. The number of hydrogen-bond acceptors (Lipinski definition) is 4. The predicted octanol–water partition coefficient (Wildman–Crippen LogP) is 0.125. The van der Waals surface area contributed by atoms with Gasteiger partial charge in [-0.2, -0.15) is 10.3 Å². The molecular formula is C8H15N3O. The van der Waals surface area contributed by atoms with E-state index in [0.717, 1.165) is 25.9 Å². The maximum absolute atomic E-state index is 8.71. The second kappa shape index (κ2) is 5.09. The molecule has 0 aromatic rings. The lowest BCUT2D eigenvalue weighted by molar-refractivity contribution is -0.155. The third-order valence-electron chi connectivity index (χ3n) is 1.96. The van der Waals surface area contributed by atoms with Crippen molar-refractivity contribution >= 4 is 0 Å². The number of hydrogen-bond donors (Lipinski definition) is 1. The molecule has 0 radical (unpaired) electrons. The highest BCUT2D eigenvalue weighted by molar-refractivity contribution is 4.92. The van der Waals surface area contributed by atoms with E-state index in [2.05, 4.69) is 11.4 Å². The Hall–Kier alpha value is -0.630. The van der Waals surface area contributed by atoms with Crippen LogP contribution in [0.5, 0.6) is 0 Å². The van der Waals surface area contributed by atoms with Crippen molar-refractivity contribution in [3.8, 4) is 6.07 Å². The Morgan fingerprint density at radius 3 is 3.25 bits per heavy atom. The number of nitrogens with one attached hydrogen (secondary N) is 1. The van der Waals surface area contributed by atoms with Gasteiger partial charge in [0.1, 0.15) is 6.04 Å². The van der Waals surface area contributed by atoms with Gasteiger partial charge in [0.05, 0.1) is 12.7 Å². The zero-order valence-corrected chi connectivity index (χ0v) is 7.42. The lowest BCUT2D eigenvalue weighted by atomic mass is 10.2. The molecule has 1 rings (SSSR count). The van der Waals surface area contributed by atoms with E-state index >= 15 is 0 Å². The van der Waals surface area contributed by atoms with Gasteiger partial charge >= 0.3 is 0 Å². The summed E-state index contributed by atoms with van der Waals surface area (Å²) in [6.45, 7) is 2.37. The Morgan fingerprint density at radius 1 is 1.75 bits per heavy atom. The van der Waals surface area contributed by atoms with Crippen LogP contribution < -0.4 is 5.32 Å². The molecule has 1 atom stereocenters. The molecule has 0 saturated carbocycles. The number of likely N-dealkylation sites (N-methyl/N-ethyl adjacent to an activating group) is 1. The second-order valence-corrected chi connectivity index (χ2v) is 2.86. The first-order chi connectivity index (χ1) is 5.88. The Balaban J connectivity index is 2.18. The van der Waals surface area contributed by atoms with Crippen LogP contribution in [0, 0.1) is 11.3 Å². The second-order valence-electron chi connectivity index (χ2n) is 2.86. The Bertz CT molecular complexity index is 166. The standard InChI is InChI=1S/C8H15N3O/c1-10-4-6-12-11-5-2-3-8(11)7-9/h8,10H,2-6H2,1H3/t8-/m0/s1. The van der Waals surface area contributed by atoms with E-state index in [1.807, 2.05) is 7.05 Å². The SMILES string of the molecule is CNCCON1CCC[C@H]1C#N. The molecule has 68 valence electrons. The van der Waals surface area contributed by atoms with Crippen molar-refractivity contribution in [1.82, 2.24) is 10.4 Å². The molecule has 12 heavy (non-hydrogen) atoms. The minimum absolute atomic E-state index is 0.0261. The summed E-state index contributed by atoms with van der Waals surface area (Å²) in [6.07, 6.45) is 2.01. The minimum atomic E-state index is -0.0261. The zero-order valence-electron chi connectivity index (χ0n) is 7.42. The summed E-state index contributed by atoms with van der Waals surface area (Å²) in [5.41, 5.74) is 0. The highest BCUT2D eigenvalue weighted by Gasteiger charge is 2.24. The number of rotatable bonds is 4. The van der Waals surface area contributed by atoms with Crippen LogP contribution in [0.2, 0.25) is 0 Å². The molecule has 0 aromatic carbocycles. The smallest absolute Gasteiger partial charge is 0.122 e. The van der Waals surface area contributed by atoms with E-state index in [1.54, 1.807) is 5.06 Å². The Morgan fingerprint density at radius 2 is 2.58 bits per heavy atom. The molecule has 4 heteroatoms. The molecule has 1 N–H and O–H groups in total. The summed E-state index contributed by atoms with van der Waals surface area (Å²) in [5.74, 6) is 0. The molecule has 0 bridgehead atoms. The summed E-state index contributed by atoms with van der Waals surface area (Å²) in [7, 11) is 1.88.